The van der Waals surface area contributed by atoms with Crippen LogP contribution in [0, 0.1) is 0 Å². The number of halogens is 3. The number of amides is 1. The normalized spacial score (nSPS) is 12.5. The molecule has 0 aliphatic rings. The summed E-state index contributed by atoms with van der Waals surface area (Å²) in [4.78, 5) is 10.7. The summed E-state index contributed by atoms with van der Waals surface area (Å²) in [5.74, 6) is -2.11. The zero-order valence-corrected chi connectivity index (χ0v) is 12.3. The second kappa shape index (κ2) is 6.44. The van der Waals surface area contributed by atoms with Gasteiger partial charge in [-0.05, 0) is 24.3 Å². The lowest BCUT2D eigenvalue weighted by Crippen LogP contribution is -2.31. The van der Waals surface area contributed by atoms with E-state index in [4.69, 9.17) is 0 Å². The molecule has 0 aliphatic carbocycles. The van der Waals surface area contributed by atoms with E-state index >= 15 is 0 Å². The summed E-state index contributed by atoms with van der Waals surface area (Å²) in [7, 11) is -3.68. The summed E-state index contributed by atoms with van der Waals surface area (Å²) < 4.78 is 61.8. The van der Waals surface area contributed by atoms with Gasteiger partial charge in [0, 0.05) is 18.8 Å². The van der Waals surface area contributed by atoms with Crippen LogP contribution in [0.3, 0.4) is 0 Å². The van der Waals surface area contributed by atoms with Crippen LogP contribution in [0.5, 0.6) is 0 Å². The number of carbonyl (C=O) groups is 1. The van der Waals surface area contributed by atoms with Crippen LogP contribution < -0.4 is 5.32 Å². The first-order chi connectivity index (χ1) is 9.62. The van der Waals surface area contributed by atoms with Crippen LogP contribution in [0.2, 0.25) is 0 Å². The molecule has 0 fully saturated rings. The number of sulfonamides is 1. The molecule has 118 valence electrons. The lowest BCUT2D eigenvalue weighted by Gasteiger charge is -2.18. The zero-order chi connectivity index (χ0) is 16.3. The predicted octanol–water partition coefficient (Wildman–Crippen LogP) is 2.22. The number of nitrogens with zero attached hydrogens (tertiary/aromatic N) is 1. The maximum absolute atomic E-state index is 12.1. The number of hydrogen-bond acceptors (Lipinski definition) is 3. The quantitative estimate of drug-likeness (QED) is 0.903. The van der Waals surface area contributed by atoms with Gasteiger partial charge >= 0.3 is 12.1 Å². The van der Waals surface area contributed by atoms with Gasteiger partial charge in [0.1, 0.15) is 0 Å². The minimum atomic E-state index is -4.99. The van der Waals surface area contributed by atoms with E-state index in [2.05, 4.69) is 0 Å². The number of alkyl halides is 3. The van der Waals surface area contributed by atoms with Crippen molar-refractivity contribution in [1.82, 2.24) is 4.31 Å². The van der Waals surface area contributed by atoms with Crippen molar-refractivity contribution in [3.05, 3.63) is 24.3 Å². The van der Waals surface area contributed by atoms with Gasteiger partial charge in [0.2, 0.25) is 10.0 Å². The molecule has 1 N–H and O–H groups in total. The molecule has 1 aromatic rings. The summed E-state index contributed by atoms with van der Waals surface area (Å²) >= 11 is 0. The number of anilines is 1. The first kappa shape index (κ1) is 17.4. The first-order valence-electron chi connectivity index (χ1n) is 6.11. The van der Waals surface area contributed by atoms with Gasteiger partial charge in [0.15, 0.2) is 0 Å². The molecular formula is C12H15F3N2O3S. The minimum Gasteiger partial charge on any atom is -0.318 e. The summed E-state index contributed by atoms with van der Waals surface area (Å²) in [6.07, 6.45) is -4.99. The average molecular weight is 324 g/mol. The molecule has 0 bridgehead atoms. The van der Waals surface area contributed by atoms with Gasteiger partial charge in [-0.3, -0.25) is 4.79 Å². The largest absolute Gasteiger partial charge is 0.471 e. The van der Waals surface area contributed by atoms with Crippen LogP contribution in [0.15, 0.2) is 29.2 Å². The molecular weight excluding hydrogens is 309 g/mol. The third-order valence-electron chi connectivity index (χ3n) is 2.71. The molecule has 0 unspecified atom stereocenters. The molecule has 0 saturated heterocycles. The van der Waals surface area contributed by atoms with E-state index in [1.54, 1.807) is 19.2 Å². The van der Waals surface area contributed by atoms with E-state index in [1.807, 2.05) is 0 Å². The van der Waals surface area contributed by atoms with Crippen molar-refractivity contribution < 1.29 is 26.4 Å². The number of carbonyl (C=O) groups excluding carboxylic acids is 1. The Bertz CT molecular complexity index is 593. The minimum absolute atomic E-state index is 0.0452. The standard InChI is InChI=1S/C12H15F3N2O3S/c1-3-17(4-2)21(19,20)10-7-5-9(6-8-10)16-11(18)12(13,14)15/h5-8H,3-4H2,1-2H3,(H,16,18). The summed E-state index contributed by atoms with van der Waals surface area (Å²) in [5.41, 5.74) is -0.129. The smallest absolute Gasteiger partial charge is 0.318 e. The van der Waals surface area contributed by atoms with E-state index in [0.717, 1.165) is 24.3 Å². The fraction of sp³-hybridized carbons (Fsp3) is 0.417. The molecule has 0 atom stereocenters. The Balaban J connectivity index is 2.96. The molecule has 9 heteroatoms. The van der Waals surface area contributed by atoms with Gasteiger partial charge in [-0.1, -0.05) is 13.8 Å². The average Bonchev–Trinajstić information content (AvgIpc) is 2.39. The highest BCUT2D eigenvalue weighted by Crippen LogP contribution is 2.21. The molecule has 1 rings (SSSR count). The van der Waals surface area contributed by atoms with E-state index < -0.39 is 22.1 Å². The van der Waals surface area contributed by atoms with Crippen LogP contribution in [-0.2, 0) is 14.8 Å². The fourth-order valence-electron chi connectivity index (χ4n) is 1.62. The number of hydrogen-bond donors (Lipinski definition) is 1. The fourth-order valence-corrected chi connectivity index (χ4v) is 3.08. The van der Waals surface area contributed by atoms with Crippen molar-refractivity contribution in [2.24, 2.45) is 0 Å². The molecule has 0 aromatic heterocycles. The second-order valence-electron chi connectivity index (χ2n) is 4.07. The molecule has 0 spiro atoms. The van der Waals surface area contributed by atoms with Gasteiger partial charge in [-0.2, -0.15) is 17.5 Å². The Labute approximate surface area is 120 Å². The predicted molar refractivity (Wildman–Crippen MR) is 71.2 cm³/mol. The number of rotatable bonds is 5. The number of benzene rings is 1. The van der Waals surface area contributed by atoms with Crippen molar-refractivity contribution in [2.75, 3.05) is 18.4 Å². The zero-order valence-electron chi connectivity index (χ0n) is 11.4. The van der Waals surface area contributed by atoms with Crippen molar-refractivity contribution in [2.45, 2.75) is 24.9 Å². The highest BCUT2D eigenvalue weighted by atomic mass is 32.2. The third-order valence-corrected chi connectivity index (χ3v) is 4.78. The molecule has 21 heavy (non-hydrogen) atoms. The van der Waals surface area contributed by atoms with Crippen LogP contribution in [0.25, 0.3) is 0 Å². The topological polar surface area (TPSA) is 66.5 Å². The molecule has 0 heterocycles. The second-order valence-corrected chi connectivity index (χ2v) is 6.00. The molecule has 0 saturated carbocycles. The Kier molecular flexibility index (Phi) is 5.35. The lowest BCUT2D eigenvalue weighted by atomic mass is 10.3. The maximum Gasteiger partial charge on any atom is 0.471 e. The Morgan fingerprint density at radius 3 is 2.00 bits per heavy atom. The van der Waals surface area contributed by atoms with Gasteiger partial charge in [0.25, 0.3) is 0 Å². The van der Waals surface area contributed by atoms with Crippen molar-refractivity contribution in [1.29, 1.82) is 0 Å². The number of nitrogens with one attached hydrogen (secondary N) is 1. The van der Waals surface area contributed by atoms with Crippen LogP contribution >= 0.6 is 0 Å². The lowest BCUT2D eigenvalue weighted by molar-refractivity contribution is -0.167. The van der Waals surface area contributed by atoms with Gasteiger partial charge < -0.3 is 5.32 Å². The Hall–Kier alpha value is -1.61. The van der Waals surface area contributed by atoms with Crippen LogP contribution in [0.4, 0.5) is 18.9 Å². The SMILES string of the molecule is CCN(CC)S(=O)(=O)c1ccc(NC(=O)C(F)(F)F)cc1. The van der Waals surface area contributed by atoms with Gasteiger partial charge in [-0.15, -0.1) is 0 Å². The summed E-state index contributed by atoms with van der Waals surface area (Å²) in [5, 5.41) is 1.65. The van der Waals surface area contributed by atoms with E-state index in [9.17, 15) is 26.4 Å². The van der Waals surface area contributed by atoms with E-state index in [1.165, 1.54) is 4.31 Å². The molecule has 5 nitrogen and oxygen atoms in total. The highest BCUT2D eigenvalue weighted by Gasteiger charge is 2.38. The van der Waals surface area contributed by atoms with Gasteiger partial charge in [-0.25, -0.2) is 8.42 Å². The van der Waals surface area contributed by atoms with Gasteiger partial charge in [0.05, 0.1) is 4.90 Å². The monoisotopic (exact) mass is 324 g/mol. The van der Waals surface area contributed by atoms with Crippen molar-refractivity contribution in [3.63, 3.8) is 0 Å². The van der Waals surface area contributed by atoms with Crippen LogP contribution in [-0.4, -0.2) is 37.9 Å². The van der Waals surface area contributed by atoms with Crippen molar-refractivity contribution >= 4 is 21.6 Å². The summed E-state index contributed by atoms with van der Waals surface area (Å²) in [6, 6.07) is 4.53. The highest BCUT2D eigenvalue weighted by molar-refractivity contribution is 7.89. The third kappa shape index (κ3) is 4.18. The maximum atomic E-state index is 12.1. The molecule has 0 radical (unpaired) electrons. The van der Waals surface area contributed by atoms with Crippen LogP contribution in [0.1, 0.15) is 13.8 Å². The Morgan fingerprint density at radius 1 is 1.14 bits per heavy atom. The summed E-state index contributed by atoms with van der Waals surface area (Å²) in [6.45, 7) is 3.93. The van der Waals surface area contributed by atoms with E-state index in [0.29, 0.717) is 0 Å². The molecule has 1 amide bonds. The first-order valence-corrected chi connectivity index (χ1v) is 7.55. The molecule has 0 aliphatic heterocycles. The van der Waals surface area contributed by atoms with E-state index in [-0.39, 0.29) is 23.7 Å². The molecule has 1 aromatic carbocycles. The Morgan fingerprint density at radius 2 is 1.62 bits per heavy atom. The van der Waals surface area contributed by atoms with Crippen molar-refractivity contribution in [3.8, 4) is 0 Å².